The van der Waals surface area contributed by atoms with Crippen LogP contribution in [-0.4, -0.2) is 35.9 Å². The fraction of sp³-hybridized carbons (Fsp3) is 0.391. The molecule has 2 aromatic rings. The second kappa shape index (κ2) is 9.96. The summed E-state index contributed by atoms with van der Waals surface area (Å²) >= 11 is 6.41. The Morgan fingerprint density at radius 2 is 1.97 bits per heavy atom. The van der Waals surface area contributed by atoms with Crippen molar-refractivity contribution < 1.29 is 14.3 Å². The molecule has 0 heterocycles. The van der Waals surface area contributed by atoms with Gasteiger partial charge in [-0.2, -0.15) is 0 Å². The fourth-order valence-corrected chi connectivity index (χ4v) is 4.09. The highest BCUT2D eigenvalue weighted by Gasteiger charge is 2.29. The Balaban J connectivity index is 1.78. The van der Waals surface area contributed by atoms with Gasteiger partial charge in [0.25, 0.3) is 5.91 Å². The van der Waals surface area contributed by atoms with Crippen molar-refractivity contribution in [3.8, 4) is 5.75 Å². The van der Waals surface area contributed by atoms with Gasteiger partial charge in [-0.15, -0.1) is 0 Å². The van der Waals surface area contributed by atoms with Crippen LogP contribution in [0.15, 0.2) is 42.5 Å². The number of carbonyl (C=O) groups excluding carboxylic acids is 2. The van der Waals surface area contributed by atoms with Gasteiger partial charge in [-0.25, -0.2) is 0 Å². The number of amides is 2. The molecule has 0 aliphatic heterocycles. The number of nitrogens with zero attached hydrogens (tertiary/aromatic N) is 1. The molecule has 0 spiro atoms. The van der Waals surface area contributed by atoms with E-state index in [4.69, 9.17) is 22.1 Å². The number of ether oxygens (including phenoxy) is 1. The van der Waals surface area contributed by atoms with E-state index in [0.29, 0.717) is 28.6 Å². The molecular weight excluding hydrogens is 402 g/mol. The van der Waals surface area contributed by atoms with Crippen LogP contribution in [0.5, 0.6) is 5.75 Å². The summed E-state index contributed by atoms with van der Waals surface area (Å²) in [6.07, 6.45) is 3.96. The van der Waals surface area contributed by atoms with Crippen LogP contribution in [0, 0.1) is 0 Å². The first-order valence-electron chi connectivity index (χ1n) is 10.2. The zero-order valence-electron chi connectivity index (χ0n) is 17.4. The molecular formula is C23H28ClN3O3. The van der Waals surface area contributed by atoms with E-state index in [1.165, 1.54) is 0 Å². The van der Waals surface area contributed by atoms with Crippen LogP contribution in [0.25, 0.3) is 0 Å². The molecule has 0 bridgehead atoms. The SMILES string of the molecule is COc1cccc(C(=O)Nc2ccc(Cl)c(CN(C(C)=O)C3CCCCC3N)c2)c1. The molecule has 3 rings (SSSR count). The van der Waals surface area contributed by atoms with Gasteiger partial charge < -0.3 is 20.7 Å². The van der Waals surface area contributed by atoms with Crippen LogP contribution >= 0.6 is 11.6 Å². The predicted octanol–water partition coefficient (Wildman–Crippen LogP) is 4.22. The second-order valence-electron chi connectivity index (χ2n) is 7.65. The summed E-state index contributed by atoms with van der Waals surface area (Å²) in [5.41, 5.74) is 8.17. The van der Waals surface area contributed by atoms with Gasteiger partial charge in [-0.3, -0.25) is 9.59 Å². The topological polar surface area (TPSA) is 84.7 Å². The van der Waals surface area contributed by atoms with Crippen LogP contribution < -0.4 is 15.8 Å². The van der Waals surface area contributed by atoms with Crippen molar-refractivity contribution >= 4 is 29.1 Å². The number of carbonyl (C=O) groups is 2. The summed E-state index contributed by atoms with van der Waals surface area (Å²) in [6.45, 7) is 1.92. The number of benzene rings is 2. The summed E-state index contributed by atoms with van der Waals surface area (Å²) in [5, 5.41) is 3.43. The average Bonchev–Trinajstić information content (AvgIpc) is 2.74. The molecule has 2 unspecified atom stereocenters. The predicted molar refractivity (Wildman–Crippen MR) is 119 cm³/mol. The normalized spacial score (nSPS) is 18.5. The zero-order valence-corrected chi connectivity index (χ0v) is 18.1. The Labute approximate surface area is 182 Å². The highest BCUT2D eigenvalue weighted by atomic mass is 35.5. The maximum atomic E-state index is 12.6. The van der Waals surface area contributed by atoms with Crippen LogP contribution in [0.1, 0.15) is 48.5 Å². The van der Waals surface area contributed by atoms with Crippen LogP contribution in [0.4, 0.5) is 5.69 Å². The number of methoxy groups -OCH3 is 1. The Morgan fingerprint density at radius 1 is 1.20 bits per heavy atom. The van der Waals surface area contributed by atoms with E-state index in [1.54, 1.807) is 55.3 Å². The van der Waals surface area contributed by atoms with Crippen molar-refractivity contribution in [2.45, 2.75) is 51.2 Å². The van der Waals surface area contributed by atoms with Crippen molar-refractivity contribution in [2.75, 3.05) is 12.4 Å². The Hall–Kier alpha value is -2.57. The van der Waals surface area contributed by atoms with Gasteiger partial charge in [0.15, 0.2) is 0 Å². The summed E-state index contributed by atoms with van der Waals surface area (Å²) in [5.74, 6) is 0.333. The van der Waals surface area contributed by atoms with Gasteiger partial charge in [0.1, 0.15) is 5.75 Å². The molecule has 160 valence electrons. The lowest BCUT2D eigenvalue weighted by Gasteiger charge is -2.38. The van der Waals surface area contributed by atoms with Gasteiger partial charge in [0.2, 0.25) is 5.91 Å². The average molecular weight is 430 g/mol. The summed E-state index contributed by atoms with van der Waals surface area (Å²) < 4.78 is 5.18. The molecule has 30 heavy (non-hydrogen) atoms. The highest BCUT2D eigenvalue weighted by molar-refractivity contribution is 6.31. The molecule has 7 heteroatoms. The van der Waals surface area contributed by atoms with Crippen molar-refractivity contribution in [3.05, 3.63) is 58.6 Å². The van der Waals surface area contributed by atoms with E-state index in [0.717, 1.165) is 31.2 Å². The number of nitrogens with two attached hydrogens (primary N) is 1. The molecule has 0 radical (unpaired) electrons. The van der Waals surface area contributed by atoms with Gasteiger partial charge in [0.05, 0.1) is 7.11 Å². The minimum atomic E-state index is -0.250. The van der Waals surface area contributed by atoms with Crippen LogP contribution in [-0.2, 0) is 11.3 Å². The van der Waals surface area contributed by atoms with Gasteiger partial charge in [0, 0.05) is 41.8 Å². The van der Waals surface area contributed by atoms with Gasteiger partial charge in [-0.1, -0.05) is 30.5 Å². The smallest absolute Gasteiger partial charge is 0.255 e. The molecule has 1 aliphatic carbocycles. The largest absolute Gasteiger partial charge is 0.497 e. The second-order valence-corrected chi connectivity index (χ2v) is 8.06. The van der Waals surface area contributed by atoms with E-state index in [2.05, 4.69) is 5.32 Å². The standard InChI is InChI=1S/C23H28ClN3O3/c1-15(28)27(22-9-4-3-8-21(22)25)14-17-12-18(10-11-20(17)24)26-23(29)16-6-5-7-19(13-16)30-2/h5-7,10-13,21-22H,3-4,8-9,14,25H2,1-2H3,(H,26,29). The number of hydrogen-bond acceptors (Lipinski definition) is 4. The number of halogens is 1. The molecule has 1 aliphatic rings. The number of nitrogens with one attached hydrogen (secondary N) is 1. The maximum Gasteiger partial charge on any atom is 0.255 e. The van der Waals surface area contributed by atoms with Crippen LogP contribution in [0.3, 0.4) is 0 Å². The molecule has 1 saturated carbocycles. The summed E-state index contributed by atoms with van der Waals surface area (Å²) in [6, 6.07) is 12.2. The number of rotatable bonds is 6. The molecule has 2 amide bonds. The van der Waals surface area contributed by atoms with Crippen molar-refractivity contribution in [1.82, 2.24) is 4.90 Å². The van der Waals surface area contributed by atoms with E-state index < -0.39 is 0 Å². The number of anilines is 1. The minimum absolute atomic E-state index is 0.00217. The third kappa shape index (κ3) is 5.32. The monoisotopic (exact) mass is 429 g/mol. The van der Waals surface area contributed by atoms with E-state index >= 15 is 0 Å². The lowest BCUT2D eigenvalue weighted by atomic mass is 9.89. The third-order valence-electron chi connectivity index (χ3n) is 5.56. The minimum Gasteiger partial charge on any atom is -0.497 e. The molecule has 2 aromatic carbocycles. The van der Waals surface area contributed by atoms with Crippen molar-refractivity contribution in [2.24, 2.45) is 5.73 Å². The molecule has 2 atom stereocenters. The first-order chi connectivity index (χ1) is 14.4. The van der Waals surface area contributed by atoms with Gasteiger partial charge in [-0.05, 0) is 54.8 Å². The quantitative estimate of drug-likeness (QED) is 0.720. The van der Waals surface area contributed by atoms with Crippen molar-refractivity contribution in [1.29, 1.82) is 0 Å². The highest BCUT2D eigenvalue weighted by Crippen LogP contribution is 2.27. The molecule has 0 saturated heterocycles. The lowest BCUT2D eigenvalue weighted by molar-refractivity contribution is -0.133. The molecule has 3 N–H and O–H groups in total. The first kappa shape index (κ1) is 22.1. The number of hydrogen-bond donors (Lipinski definition) is 2. The third-order valence-corrected chi connectivity index (χ3v) is 5.93. The summed E-state index contributed by atoms with van der Waals surface area (Å²) in [4.78, 5) is 26.8. The molecule has 1 fully saturated rings. The first-order valence-corrected chi connectivity index (χ1v) is 10.5. The van der Waals surface area contributed by atoms with E-state index in [9.17, 15) is 9.59 Å². The fourth-order valence-electron chi connectivity index (χ4n) is 3.91. The molecule has 6 nitrogen and oxygen atoms in total. The maximum absolute atomic E-state index is 12.6. The Kier molecular flexibility index (Phi) is 7.34. The zero-order chi connectivity index (χ0) is 21.7. The Bertz CT molecular complexity index is 918. The van der Waals surface area contributed by atoms with Crippen LogP contribution in [0.2, 0.25) is 5.02 Å². The van der Waals surface area contributed by atoms with Crippen molar-refractivity contribution in [3.63, 3.8) is 0 Å². The summed E-state index contributed by atoms with van der Waals surface area (Å²) in [7, 11) is 1.56. The van der Waals surface area contributed by atoms with E-state index in [1.807, 2.05) is 6.07 Å². The van der Waals surface area contributed by atoms with Gasteiger partial charge >= 0.3 is 0 Å². The molecule has 0 aromatic heterocycles. The Morgan fingerprint density at radius 3 is 2.67 bits per heavy atom. The van der Waals surface area contributed by atoms with E-state index in [-0.39, 0.29) is 23.9 Å². The lowest BCUT2D eigenvalue weighted by Crippen LogP contribution is -2.51.